The Bertz CT molecular complexity index is 313. The van der Waals surface area contributed by atoms with Gasteiger partial charge in [-0.25, -0.2) is 0 Å². The van der Waals surface area contributed by atoms with Crippen LogP contribution in [0.1, 0.15) is 40.5 Å². The zero-order valence-electron chi connectivity index (χ0n) is 13.3. The van der Waals surface area contributed by atoms with Crippen molar-refractivity contribution < 1.29 is 14.3 Å². The predicted octanol–water partition coefficient (Wildman–Crippen LogP) is 0.407. The fourth-order valence-corrected chi connectivity index (χ4v) is 1.89. The van der Waals surface area contributed by atoms with E-state index in [-0.39, 0.29) is 29.7 Å². The van der Waals surface area contributed by atoms with Gasteiger partial charge in [0, 0.05) is 26.1 Å². The van der Waals surface area contributed by atoms with Crippen molar-refractivity contribution in [3.63, 3.8) is 0 Å². The summed E-state index contributed by atoms with van der Waals surface area (Å²) in [7, 11) is 1.56. The summed E-state index contributed by atoms with van der Waals surface area (Å²) in [4.78, 5) is 23.4. The molecule has 2 atom stereocenters. The van der Waals surface area contributed by atoms with E-state index in [0.717, 1.165) is 6.42 Å². The molecule has 0 aromatic rings. The van der Waals surface area contributed by atoms with Gasteiger partial charge in [0.2, 0.25) is 11.8 Å². The van der Waals surface area contributed by atoms with Crippen LogP contribution in [0.2, 0.25) is 0 Å². The Morgan fingerprint density at radius 1 is 1.30 bits per heavy atom. The first-order chi connectivity index (χ1) is 9.15. The summed E-state index contributed by atoms with van der Waals surface area (Å²) < 4.78 is 4.83. The number of rotatable bonds is 8. The average Bonchev–Trinajstić information content (AvgIpc) is 2.25. The molecule has 0 heterocycles. The molecule has 0 saturated heterocycles. The zero-order valence-corrected chi connectivity index (χ0v) is 13.3. The first kappa shape index (κ1) is 18.9. The van der Waals surface area contributed by atoms with Crippen molar-refractivity contribution in [1.29, 1.82) is 0 Å². The number of ether oxygens (including phenoxy) is 1. The molecule has 4 N–H and O–H groups in total. The van der Waals surface area contributed by atoms with Gasteiger partial charge in [-0.05, 0) is 18.8 Å². The van der Waals surface area contributed by atoms with E-state index in [1.807, 2.05) is 0 Å². The fourth-order valence-electron chi connectivity index (χ4n) is 1.89. The second-order valence-corrected chi connectivity index (χ2v) is 6.30. The highest BCUT2D eigenvalue weighted by Crippen LogP contribution is 2.20. The highest BCUT2D eigenvalue weighted by atomic mass is 16.5. The van der Waals surface area contributed by atoms with Crippen LogP contribution in [0.15, 0.2) is 0 Å². The molecule has 0 aromatic heterocycles. The lowest BCUT2D eigenvalue weighted by Crippen LogP contribution is -2.46. The molecule has 0 radical (unpaired) electrons. The maximum atomic E-state index is 11.8. The van der Waals surface area contributed by atoms with E-state index in [2.05, 4.69) is 31.4 Å². The van der Waals surface area contributed by atoms with Gasteiger partial charge in [0.25, 0.3) is 0 Å². The van der Waals surface area contributed by atoms with Gasteiger partial charge in [0.1, 0.15) is 6.04 Å². The summed E-state index contributed by atoms with van der Waals surface area (Å²) in [6.45, 7) is 8.77. The lowest BCUT2D eigenvalue weighted by molar-refractivity contribution is -0.128. The van der Waals surface area contributed by atoms with E-state index in [9.17, 15) is 9.59 Å². The third-order valence-electron chi connectivity index (χ3n) is 2.70. The van der Waals surface area contributed by atoms with E-state index >= 15 is 0 Å². The Morgan fingerprint density at radius 3 is 2.40 bits per heavy atom. The second kappa shape index (κ2) is 8.92. The highest BCUT2D eigenvalue weighted by molar-refractivity contribution is 5.87. The Labute approximate surface area is 121 Å². The summed E-state index contributed by atoms with van der Waals surface area (Å²) in [5.41, 5.74) is 6.02. The van der Waals surface area contributed by atoms with Crippen molar-refractivity contribution in [2.75, 3.05) is 20.3 Å². The molecule has 6 heteroatoms. The summed E-state index contributed by atoms with van der Waals surface area (Å²) in [5, 5.41) is 5.32. The molecule has 118 valence electrons. The average molecular weight is 287 g/mol. The molecule has 6 nitrogen and oxygen atoms in total. The van der Waals surface area contributed by atoms with Crippen molar-refractivity contribution in [3.05, 3.63) is 0 Å². The number of amides is 2. The molecule has 2 unspecified atom stereocenters. The van der Waals surface area contributed by atoms with Gasteiger partial charge in [-0.3, -0.25) is 9.59 Å². The van der Waals surface area contributed by atoms with Crippen LogP contribution in [0, 0.1) is 5.41 Å². The van der Waals surface area contributed by atoms with Gasteiger partial charge in [-0.2, -0.15) is 0 Å². The van der Waals surface area contributed by atoms with Gasteiger partial charge < -0.3 is 21.1 Å². The molecule has 0 aromatic carbocycles. The van der Waals surface area contributed by atoms with E-state index in [4.69, 9.17) is 10.5 Å². The molecule has 0 saturated carbocycles. The number of hydrogen-bond acceptors (Lipinski definition) is 4. The Hall–Kier alpha value is -1.14. The predicted molar refractivity (Wildman–Crippen MR) is 79.2 cm³/mol. The number of methoxy groups -OCH3 is 1. The maximum Gasteiger partial charge on any atom is 0.242 e. The molecule has 0 aliphatic rings. The second-order valence-electron chi connectivity index (χ2n) is 6.30. The van der Waals surface area contributed by atoms with Crippen LogP contribution < -0.4 is 16.4 Å². The largest absolute Gasteiger partial charge is 0.383 e. The van der Waals surface area contributed by atoms with Gasteiger partial charge in [0.05, 0.1) is 6.61 Å². The summed E-state index contributed by atoms with van der Waals surface area (Å²) in [6, 6.07) is -0.764. The molecule has 0 fully saturated rings. The van der Waals surface area contributed by atoms with Crippen LogP contribution in [0.25, 0.3) is 0 Å². The summed E-state index contributed by atoms with van der Waals surface area (Å²) in [5.74, 6) is -0.420. The number of hydrogen-bond donors (Lipinski definition) is 3. The molecular weight excluding hydrogens is 258 g/mol. The topological polar surface area (TPSA) is 93.5 Å². The van der Waals surface area contributed by atoms with Gasteiger partial charge in [0.15, 0.2) is 0 Å². The van der Waals surface area contributed by atoms with Crippen molar-refractivity contribution in [3.8, 4) is 0 Å². The minimum Gasteiger partial charge on any atom is -0.383 e. The van der Waals surface area contributed by atoms with Gasteiger partial charge in [-0.15, -0.1) is 0 Å². The Morgan fingerprint density at radius 2 is 1.90 bits per heavy atom. The minimum absolute atomic E-state index is 0.0862. The van der Waals surface area contributed by atoms with Crippen LogP contribution in [-0.4, -0.2) is 44.2 Å². The first-order valence-electron chi connectivity index (χ1n) is 6.97. The standard InChI is InChI=1S/C14H29N3O3/c1-10(13(19)16-6-7-20-5)17-12(18)8-11(15)9-14(2,3)4/h10-11H,6-9,15H2,1-5H3,(H,16,19)(H,17,18). The number of nitrogens with two attached hydrogens (primary N) is 1. The van der Waals surface area contributed by atoms with E-state index in [1.165, 1.54) is 0 Å². The maximum absolute atomic E-state index is 11.8. The fraction of sp³-hybridized carbons (Fsp3) is 0.857. The van der Waals surface area contributed by atoms with Crippen LogP contribution in [-0.2, 0) is 14.3 Å². The SMILES string of the molecule is COCCNC(=O)C(C)NC(=O)CC(N)CC(C)(C)C. The molecule has 0 aliphatic heterocycles. The zero-order chi connectivity index (χ0) is 15.8. The van der Waals surface area contributed by atoms with Gasteiger partial charge in [-0.1, -0.05) is 20.8 Å². The van der Waals surface area contributed by atoms with Crippen LogP contribution in [0.3, 0.4) is 0 Å². The van der Waals surface area contributed by atoms with Gasteiger partial charge >= 0.3 is 0 Å². The summed E-state index contributed by atoms with van der Waals surface area (Å²) in [6.07, 6.45) is 0.988. The lowest BCUT2D eigenvalue weighted by Gasteiger charge is -2.23. The number of nitrogens with one attached hydrogen (secondary N) is 2. The number of carbonyl (C=O) groups excluding carboxylic acids is 2. The minimum atomic E-state index is -0.568. The molecule has 0 aliphatic carbocycles. The van der Waals surface area contributed by atoms with E-state index in [0.29, 0.717) is 13.2 Å². The summed E-state index contributed by atoms with van der Waals surface area (Å²) >= 11 is 0. The monoisotopic (exact) mass is 287 g/mol. The first-order valence-corrected chi connectivity index (χ1v) is 6.97. The smallest absolute Gasteiger partial charge is 0.242 e. The third-order valence-corrected chi connectivity index (χ3v) is 2.70. The molecule has 20 heavy (non-hydrogen) atoms. The Balaban J connectivity index is 4.03. The van der Waals surface area contributed by atoms with Crippen LogP contribution in [0.5, 0.6) is 0 Å². The van der Waals surface area contributed by atoms with Crippen molar-refractivity contribution in [2.24, 2.45) is 11.1 Å². The molecule has 2 amide bonds. The highest BCUT2D eigenvalue weighted by Gasteiger charge is 2.20. The van der Waals surface area contributed by atoms with Crippen molar-refractivity contribution in [2.45, 2.75) is 52.6 Å². The number of carbonyl (C=O) groups is 2. The third kappa shape index (κ3) is 9.75. The quantitative estimate of drug-likeness (QED) is 0.564. The molecule has 0 bridgehead atoms. The van der Waals surface area contributed by atoms with Crippen molar-refractivity contribution >= 4 is 11.8 Å². The van der Waals surface area contributed by atoms with Crippen molar-refractivity contribution in [1.82, 2.24) is 10.6 Å². The van der Waals surface area contributed by atoms with E-state index < -0.39 is 6.04 Å². The Kier molecular flexibility index (Phi) is 8.41. The molecule has 0 spiro atoms. The molecule has 0 rings (SSSR count). The van der Waals surface area contributed by atoms with Crippen LogP contribution in [0.4, 0.5) is 0 Å². The lowest BCUT2D eigenvalue weighted by atomic mass is 9.87. The molecular formula is C14H29N3O3. The van der Waals surface area contributed by atoms with Crippen LogP contribution >= 0.6 is 0 Å². The van der Waals surface area contributed by atoms with E-state index in [1.54, 1.807) is 14.0 Å². The normalized spacial score (nSPS) is 14.5.